The van der Waals surface area contributed by atoms with Gasteiger partial charge in [-0.3, -0.25) is 0 Å². The average molecular weight is 790 g/mol. The molecule has 0 aliphatic rings. The summed E-state index contributed by atoms with van der Waals surface area (Å²) in [5.41, 5.74) is 14.6. The van der Waals surface area contributed by atoms with Gasteiger partial charge in [-0.1, -0.05) is 176 Å². The Hall–Kier alpha value is -8.20. The third kappa shape index (κ3) is 6.12. The molecular formula is C60H39NO. The lowest BCUT2D eigenvalue weighted by Gasteiger charge is -2.26. The Morgan fingerprint density at radius 2 is 0.694 bits per heavy atom. The van der Waals surface area contributed by atoms with Crippen molar-refractivity contribution in [3.05, 3.63) is 237 Å². The van der Waals surface area contributed by atoms with Crippen molar-refractivity contribution >= 4 is 71.3 Å². The largest absolute Gasteiger partial charge is 0.456 e. The van der Waals surface area contributed by atoms with Gasteiger partial charge in [0.05, 0.1) is 0 Å². The lowest BCUT2D eigenvalue weighted by Crippen LogP contribution is -2.09. The van der Waals surface area contributed by atoms with E-state index < -0.39 is 0 Å². The summed E-state index contributed by atoms with van der Waals surface area (Å²) >= 11 is 0. The molecule has 290 valence electrons. The van der Waals surface area contributed by atoms with Crippen LogP contribution in [0, 0.1) is 0 Å². The quantitative estimate of drug-likeness (QED) is 0.150. The minimum atomic E-state index is 0.867. The van der Waals surface area contributed by atoms with E-state index in [4.69, 9.17) is 4.42 Å². The highest BCUT2D eigenvalue weighted by Gasteiger charge is 2.20. The van der Waals surface area contributed by atoms with Gasteiger partial charge in [-0.2, -0.15) is 0 Å². The predicted molar refractivity (Wildman–Crippen MR) is 263 cm³/mol. The van der Waals surface area contributed by atoms with Crippen LogP contribution in [-0.2, 0) is 0 Å². The minimum absolute atomic E-state index is 0.867. The SMILES string of the molecule is c1ccc(-c2ccc3cc(N(c4ccc(-c5ccc6c(c5)c(-c5ccccc5)c(-c5ccccc5)c5ccccc56)cc4)c4ccc5c(c4)oc4ccccc45)ccc3c2)cc1. The Labute approximate surface area is 360 Å². The normalized spacial score (nSPS) is 11.5. The Morgan fingerprint density at radius 3 is 1.44 bits per heavy atom. The van der Waals surface area contributed by atoms with Gasteiger partial charge in [-0.05, 0) is 131 Å². The average Bonchev–Trinajstić information content (AvgIpc) is 3.72. The number of furan rings is 1. The zero-order chi connectivity index (χ0) is 41.0. The van der Waals surface area contributed by atoms with Crippen LogP contribution in [0.2, 0.25) is 0 Å². The molecule has 11 aromatic carbocycles. The highest BCUT2D eigenvalue weighted by Crippen LogP contribution is 2.46. The molecule has 0 atom stereocenters. The molecular weight excluding hydrogens is 751 g/mol. The van der Waals surface area contributed by atoms with E-state index in [9.17, 15) is 0 Å². The van der Waals surface area contributed by atoms with Gasteiger partial charge in [0.1, 0.15) is 11.2 Å². The van der Waals surface area contributed by atoms with Crippen LogP contribution in [0.15, 0.2) is 241 Å². The molecule has 0 N–H and O–H groups in total. The second-order valence-corrected chi connectivity index (χ2v) is 16.1. The molecule has 0 amide bonds. The van der Waals surface area contributed by atoms with Crippen molar-refractivity contribution in [3.63, 3.8) is 0 Å². The Kier molecular flexibility index (Phi) is 8.53. The summed E-state index contributed by atoms with van der Waals surface area (Å²) < 4.78 is 6.43. The van der Waals surface area contributed by atoms with Crippen molar-refractivity contribution < 1.29 is 4.42 Å². The topological polar surface area (TPSA) is 16.4 Å². The first-order valence-corrected chi connectivity index (χ1v) is 21.2. The van der Waals surface area contributed by atoms with Crippen LogP contribution in [0.1, 0.15) is 0 Å². The fourth-order valence-corrected chi connectivity index (χ4v) is 9.47. The van der Waals surface area contributed by atoms with E-state index in [-0.39, 0.29) is 0 Å². The molecule has 1 aromatic heterocycles. The van der Waals surface area contributed by atoms with Crippen molar-refractivity contribution in [3.8, 4) is 44.5 Å². The maximum Gasteiger partial charge on any atom is 0.137 e. The molecule has 0 unspecified atom stereocenters. The number of benzene rings is 11. The standard InChI is InChI=1S/C60H39NO/c1-4-14-40(15-5-1)44-24-25-46-37-49(32-28-45(46)36-44)61(50-33-35-54-53-21-12-13-23-57(53)62-58(54)39-50)48-30-26-41(27-31-48)47-29-34-52-51-20-10-11-22-55(51)59(42-16-6-2-7-17-42)60(56(52)38-47)43-18-8-3-9-19-43/h1-39H. The number of hydrogen-bond acceptors (Lipinski definition) is 2. The van der Waals surface area contributed by atoms with Gasteiger partial charge < -0.3 is 9.32 Å². The molecule has 1 heterocycles. The van der Waals surface area contributed by atoms with E-state index in [0.717, 1.165) is 44.6 Å². The Bertz CT molecular complexity index is 3610. The summed E-state index contributed by atoms with van der Waals surface area (Å²) in [6.07, 6.45) is 0. The van der Waals surface area contributed by atoms with Crippen LogP contribution >= 0.6 is 0 Å². The molecule has 0 saturated carbocycles. The number of rotatable bonds is 7. The molecule has 0 saturated heterocycles. The predicted octanol–water partition coefficient (Wildman–Crippen LogP) is 17.2. The van der Waals surface area contributed by atoms with Crippen molar-refractivity contribution in [2.75, 3.05) is 4.90 Å². The van der Waals surface area contributed by atoms with Gasteiger partial charge in [-0.25, -0.2) is 0 Å². The number of hydrogen-bond donors (Lipinski definition) is 0. The smallest absolute Gasteiger partial charge is 0.137 e. The number of fused-ring (bicyclic) bond motifs is 7. The molecule has 2 nitrogen and oxygen atoms in total. The summed E-state index contributed by atoms with van der Waals surface area (Å²) in [7, 11) is 0. The van der Waals surface area contributed by atoms with Crippen LogP contribution in [0.4, 0.5) is 17.1 Å². The molecule has 0 radical (unpaired) electrons. The highest BCUT2D eigenvalue weighted by molar-refractivity contribution is 6.22. The molecule has 2 heteroatoms. The summed E-state index contributed by atoms with van der Waals surface area (Å²) in [4.78, 5) is 2.34. The van der Waals surface area contributed by atoms with Crippen LogP contribution in [-0.4, -0.2) is 0 Å². The lowest BCUT2D eigenvalue weighted by atomic mass is 9.84. The molecule has 0 aliphatic carbocycles. The van der Waals surface area contributed by atoms with Gasteiger partial charge in [0.15, 0.2) is 0 Å². The molecule has 0 fully saturated rings. The van der Waals surface area contributed by atoms with Gasteiger partial charge in [0, 0.05) is 33.9 Å². The summed E-state index contributed by atoms with van der Waals surface area (Å²) in [5.74, 6) is 0. The fraction of sp³-hybridized carbons (Fsp3) is 0. The lowest BCUT2D eigenvalue weighted by molar-refractivity contribution is 0.669. The molecule has 0 bridgehead atoms. The molecule has 0 spiro atoms. The van der Waals surface area contributed by atoms with Crippen molar-refractivity contribution in [2.24, 2.45) is 0 Å². The van der Waals surface area contributed by atoms with E-state index in [0.29, 0.717) is 0 Å². The Balaban J connectivity index is 1.00. The Morgan fingerprint density at radius 1 is 0.242 bits per heavy atom. The first-order chi connectivity index (χ1) is 30.7. The summed E-state index contributed by atoms with van der Waals surface area (Å²) in [6.45, 7) is 0. The van der Waals surface area contributed by atoms with E-state index in [1.807, 2.05) is 12.1 Å². The third-order valence-electron chi connectivity index (χ3n) is 12.4. The van der Waals surface area contributed by atoms with Crippen LogP contribution in [0.5, 0.6) is 0 Å². The first-order valence-electron chi connectivity index (χ1n) is 21.2. The van der Waals surface area contributed by atoms with Crippen molar-refractivity contribution in [1.82, 2.24) is 0 Å². The highest BCUT2D eigenvalue weighted by atomic mass is 16.3. The molecule has 12 rings (SSSR count). The van der Waals surface area contributed by atoms with Crippen molar-refractivity contribution in [1.29, 1.82) is 0 Å². The van der Waals surface area contributed by atoms with Crippen molar-refractivity contribution in [2.45, 2.75) is 0 Å². The molecule has 62 heavy (non-hydrogen) atoms. The zero-order valence-electron chi connectivity index (χ0n) is 33.9. The van der Waals surface area contributed by atoms with Crippen LogP contribution < -0.4 is 4.90 Å². The summed E-state index contributed by atoms with van der Waals surface area (Å²) in [5, 5.41) is 9.62. The number of nitrogens with zero attached hydrogens (tertiary/aromatic N) is 1. The minimum Gasteiger partial charge on any atom is -0.456 e. The summed E-state index contributed by atoms with van der Waals surface area (Å²) in [6, 6.07) is 85.5. The van der Waals surface area contributed by atoms with Gasteiger partial charge in [0.2, 0.25) is 0 Å². The van der Waals surface area contributed by atoms with Crippen LogP contribution in [0.25, 0.3) is 98.8 Å². The van der Waals surface area contributed by atoms with E-state index >= 15 is 0 Å². The maximum absolute atomic E-state index is 6.43. The van der Waals surface area contributed by atoms with Gasteiger partial charge in [-0.15, -0.1) is 0 Å². The maximum atomic E-state index is 6.43. The second-order valence-electron chi connectivity index (χ2n) is 16.1. The van der Waals surface area contributed by atoms with E-state index in [1.165, 1.54) is 71.3 Å². The third-order valence-corrected chi connectivity index (χ3v) is 12.4. The number of anilines is 3. The molecule has 0 aliphatic heterocycles. The second kappa shape index (κ2) is 14.8. The van der Waals surface area contributed by atoms with Crippen LogP contribution in [0.3, 0.4) is 0 Å². The van der Waals surface area contributed by atoms with E-state index in [2.05, 4.69) is 229 Å². The number of para-hydroxylation sites is 1. The van der Waals surface area contributed by atoms with Gasteiger partial charge >= 0.3 is 0 Å². The molecule has 12 aromatic rings. The fourth-order valence-electron chi connectivity index (χ4n) is 9.47. The zero-order valence-corrected chi connectivity index (χ0v) is 33.9. The van der Waals surface area contributed by atoms with E-state index in [1.54, 1.807) is 0 Å². The first kappa shape index (κ1) is 35.7. The van der Waals surface area contributed by atoms with Gasteiger partial charge in [0.25, 0.3) is 0 Å². The monoisotopic (exact) mass is 789 g/mol.